The van der Waals surface area contributed by atoms with Crippen LogP contribution in [0, 0.1) is 12.8 Å². The fourth-order valence-electron chi connectivity index (χ4n) is 1.52. The Balaban J connectivity index is 2.04. The van der Waals surface area contributed by atoms with Gasteiger partial charge >= 0.3 is 0 Å². The molecule has 19 heavy (non-hydrogen) atoms. The summed E-state index contributed by atoms with van der Waals surface area (Å²) in [5, 5.41) is 14.8. The second-order valence-corrected chi connectivity index (χ2v) is 6.75. The number of nitrogens with one attached hydrogen (secondary N) is 1. The number of hydrogen-bond acceptors (Lipinski definition) is 5. The molecule has 0 saturated heterocycles. The van der Waals surface area contributed by atoms with E-state index in [4.69, 9.17) is 5.11 Å². The molecular weight excluding hydrogens is 280 g/mol. The van der Waals surface area contributed by atoms with Crippen LogP contribution in [0.4, 0.5) is 0 Å². The third kappa shape index (κ3) is 7.54. The molecule has 0 fully saturated rings. The predicted molar refractivity (Wildman–Crippen MR) is 81.5 cm³/mol. The van der Waals surface area contributed by atoms with Crippen molar-refractivity contribution < 1.29 is 9.90 Å². The standard InChI is InChI=1S/C13H22N2O2S2/c1-10(3-5-16)7-14-13(17)4-6-18-8-12-9-19-11(2)15-12/h9-10,16H,3-8H2,1-2H3,(H,14,17). The van der Waals surface area contributed by atoms with E-state index in [0.29, 0.717) is 18.9 Å². The topological polar surface area (TPSA) is 62.2 Å². The summed E-state index contributed by atoms with van der Waals surface area (Å²) in [4.78, 5) is 15.9. The van der Waals surface area contributed by atoms with Gasteiger partial charge in [-0.2, -0.15) is 11.8 Å². The van der Waals surface area contributed by atoms with Crippen LogP contribution in [0.25, 0.3) is 0 Å². The lowest BCUT2D eigenvalue weighted by molar-refractivity contribution is -0.120. The van der Waals surface area contributed by atoms with Gasteiger partial charge in [0, 0.05) is 36.5 Å². The third-order valence-corrected chi connectivity index (χ3v) is 4.47. The Bertz CT molecular complexity index is 382. The molecule has 0 saturated carbocycles. The molecule has 6 heteroatoms. The number of nitrogens with zero attached hydrogens (tertiary/aromatic N) is 1. The van der Waals surface area contributed by atoms with Crippen molar-refractivity contribution in [2.45, 2.75) is 32.4 Å². The zero-order valence-corrected chi connectivity index (χ0v) is 13.1. The number of thioether (sulfide) groups is 1. The van der Waals surface area contributed by atoms with E-state index >= 15 is 0 Å². The number of thiazole rings is 1. The van der Waals surface area contributed by atoms with Gasteiger partial charge in [0.25, 0.3) is 0 Å². The number of hydrogen-bond donors (Lipinski definition) is 2. The lowest BCUT2D eigenvalue weighted by Crippen LogP contribution is -2.28. The summed E-state index contributed by atoms with van der Waals surface area (Å²) < 4.78 is 0. The van der Waals surface area contributed by atoms with Crippen LogP contribution in [0.5, 0.6) is 0 Å². The Kier molecular flexibility index (Phi) is 8.09. The van der Waals surface area contributed by atoms with Gasteiger partial charge in [0.05, 0.1) is 10.7 Å². The molecule has 0 bridgehead atoms. The first-order valence-electron chi connectivity index (χ1n) is 6.48. The molecule has 1 atom stereocenters. The first-order valence-corrected chi connectivity index (χ1v) is 8.51. The van der Waals surface area contributed by atoms with Gasteiger partial charge in [0.2, 0.25) is 5.91 Å². The highest BCUT2D eigenvalue weighted by Crippen LogP contribution is 2.15. The molecule has 1 rings (SSSR count). The molecule has 0 radical (unpaired) electrons. The van der Waals surface area contributed by atoms with Gasteiger partial charge in [-0.05, 0) is 19.3 Å². The summed E-state index contributed by atoms with van der Waals surface area (Å²) in [6.07, 6.45) is 1.28. The van der Waals surface area contributed by atoms with E-state index in [2.05, 4.69) is 15.7 Å². The van der Waals surface area contributed by atoms with Crippen LogP contribution in [-0.4, -0.2) is 34.9 Å². The summed E-state index contributed by atoms with van der Waals surface area (Å²) in [6.45, 7) is 4.85. The summed E-state index contributed by atoms with van der Waals surface area (Å²) in [7, 11) is 0. The predicted octanol–water partition coefficient (Wildman–Crippen LogP) is 2.21. The molecule has 0 aliphatic heterocycles. The number of carbonyl (C=O) groups is 1. The smallest absolute Gasteiger partial charge is 0.220 e. The van der Waals surface area contributed by atoms with Gasteiger partial charge in [-0.15, -0.1) is 11.3 Å². The van der Waals surface area contributed by atoms with Crippen LogP contribution < -0.4 is 5.32 Å². The minimum Gasteiger partial charge on any atom is -0.396 e. The maximum atomic E-state index is 11.6. The first-order chi connectivity index (χ1) is 9.11. The number of aliphatic hydroxyl groups is 1. The second kappa shape index (κ2) is 9.34. The van der Waals surface area contributed by atoms with Gasteiger partial charge in [-0.25, -0.2) is 4.98 Å². The van der Waals surface area contributed by atoms with Crippen LogP contribution in [-0.2, 0) is 10.5 Å². The number of amides is 1. The molecule has 0 aliphatic carbocycles. The molecule has 4 nitrogen and oxygen atoms in total. The quantitative estimate of drug-likeness (QED) is 0.687. The van der Waals surface area contributed by atoms with Crippen molar-refractivity contribution in [3.8, 4) is 0 Å². The lowest BCUT2D eigenvalue weighted by Gasteiger charge is -2.10. The Morgan fingerprint density at radius 2 is 2.42 bits per heavy atom. The molecule has 1 amide bonds. The maximum absolute atomic E-state index is 11.6. The van der Waals surface area contributed by atoms with E-state index in [-0.39, 0.29) is 12.5 Å². The normalized spacial score (nSPS) is 12.4. The van der Waals surface area contributed by atoms with Gasteiger partial charge < -0.3 is 10.4 Å². The van der Waals surface area contributed by atoms with Crippen molar-refractivity contribution in [3.63, 3.8) is 0 Å². The summed E-state index contributed by atoms with van der Waals surface area (Å²) in [6, 6.07) is 0. The molecule has 0 aromatic carbocycles. The highest BCUT2D eigenvalue weighted by atomic mass is 32.2. The van der Waals surface area contributed by atoms with Gasteiger partial charge in [-0.3, -0.25) is 4.79 Å². The fraction of sp³-hybridized carbons (Fsp3) is 0.692. The van der Waals surface area contributed by atoms with Crippen LogP contribution in [0.3, 0.4) is 0 Å². The van der Waals surface area contributed by atoms with E-state index < -0.39 is 0 Å². The number of rotatable bonds is 9. The summed E-state index contributed by atoms with van der Waals surface area (Å²) >= 11 is 3.40. The highest BCUT2D eigenvalue weighted by Gasteiger charge is 2.05. The summed E-state index contributed by atoms with van der Waals surface area (Å²) in [5.41, 5.74) is 1.10. The Labute approximate surface area is 123 Å². The lowest BCUT2D eigenvalue weighted by atomic mass is 10.1. The Morgan fingerprint density at radius 1 is 1.63 bits per heavy atom. The van der Waals surface area contributed by atoms with Crippen LogP contribution in [0.1, 0.15) is 30.5 Å². The molecule has 0 spiro atoms. The van der Waals surface area contributed by atoms with Gasteiger partial charge in [-0.1, -0.05) is 6.92 Å². The first kappa shape index (κ1) is 16.5. The van der Waals surface area contributed by atoms with E-state index in [9.17, 15) is 4.79 Å². The molecule has 1 unspecified atom stereocenters. The zero-order valence-electron chi connectivity index (χ0n) is 11.5. The monoisotopic (exact) mass is 302 g/mol. The van der Waals surface area contributed by atoms with Crippen LogP contribution >= 0.6 is 23.1 Å². The van der Waals surface area contributed by atoms with Crippen molar-refractivity contribution in [1.82, 2.24) is 10.3 Å². The average molecular weight is 302 g/mol. The Hall–Kier alpha value is -0.590. The molecule has 1 aromatic rings. The SMILES string of the molecule is Cc1nc(CSCCC(=O)NCC(C)CCO)cs1. The molecule has 1 aromatic heterocycles. The minimum atomic E-state index is 0.0896. The Morgan fingerprint density at radius 3 is 3.05 bits per heavy atom. The van der Waals surface area contributed by atoms with Crippen molar-refractivity contribution >= 4 is 29.0 Å². The van der Waals surface area contributed by atoms with E-state index in [1.165, 1.54) is 0 Å². The van der Waals surface area contributed by atoms with E-state index in [1.807, 2.05) is 13.8 Å². The van der Waals surface area contributed by atoms with Crippen molar-refractivity contribution in [2.24, 2.45) is 5.92 Å². The van der Waals surface area contributed by atoms with Gasteiger partial charge in [0.15, 0.2) is 0 Å². The number of carbonyl (C=O) groups excluding carboxylic acids is 1. The molecule has 0 aliphatic rings. The molecule has 108 valence electrons. The minimum absolute atomic E-state index is 0.0896. The number of aromatic nitrogens is 1. The second-order valence-electron chi connectivity index (χ2n) is 4.58. The van der Waals surface area contributed by atoms with E-state index in [0.717, 1.165) is 28.6 Å². The van der Waals surface area contributed by atoms with Crippen molar-refractivity contribution in [3.05, 3.63) is 16.1 Å². The molecule has 2 N–H and O–H groups in total. The average Bonchev–Trinajstić information content (AvgIpc) is 2.78. The van der Waals surface area contributed by atoms with E-state index in [1.54, 1.807) is 23.1 Å². The fourth-order valence-corrected chi connectivity index (χ4v) is 3.06. The number of aliphatic hydroxyl groups excluding tert-OH is 1. The van der Waals surface area contributed by atoms with Gasteiger partial charge in [0.1, 0.15) is 0 Å². The molecule has 1 heterocycles. The summed E-state index contributed by atoms with van der Waals surface area (Å²) in [5.74, 6) is 2.11. The maximum Gasteiger partial charge on any atom is 0.220 e. The van der Waals surface area contributed by atoms with Crippen LogP contribution in [0.15, 0.2) is 5.38 Å². The van der Waals surface area contributed by atoms with Crippen LogP contribution in [0.2, 0.25) is 0 Å². The van der Waals surface area contributed by atoms with Crippen molar-refractivity contribution in [2.75, 3.05) is 18.9 Å². The third-order valence-electron chi connectivity index (χ3n) is 2.66. The molecular formula is C13H22N2O2S2. The largest absolute Gasteiger partial charge is 0.396 e. The van der Waals surface area contributed by atoms with Crippen molar-refractivity contribution in [1.29, 1.82) is 0 Å². The highest BCUT2D eigenvalue weighted by molar-refractivity contribution is 7.98. The zero-order chi connectivity index (χ0) is 14.1. The number of aryl methyl sites for hydroxylation is 1.